The van der Waals surface area contributed by atoms with Gasteiger partial charge < -0.3 is 15.5 Å². The maximum absolute atomic E-state index is 14.6. The summed E-state index contributed by atoms with van der Waals surface area (Å²) < 4.78 is 1.72. The van der Waals surface area contributed by atoms with E-state index in [1.165, 1.54) is 5.57 Å². The van der Waals surface area contributed by atoms with Crippen LogP contribution < -0.4 is 5.32 Å². The largest absolute Gasteiger partial charge is 0.396 e. The fourth-order valence-corrected chi connectivity index (χ4v) is 12.9. The Morgan fingerprint density at radius 3 is 2.41 bits per heavy atom. The molecule has 3 N–H and O–H groups in total. The molecule has 5 aliphatic rings. The highest BCUT2D eigenvalue weighted by Crippen LogP contribution is 2.75. The number of aromatic nitrogens is 3. The summed E-state index contributed by atoms with van der Waals surface area (Å²) in [5.74, 6) is 1.13. The van der Waals surface area contributed by atoms with Gasteiger partial charge in [0.1, 0.15) is 5.69 Å². The molecule has 1 aromatic carbocycles. The van der Waals surface area contributed by atoms with Gasteiger partial charge in [-0.1, -0.05) is 87.7 Å². The quantitative estimate of drug-likeness (QED) is 0.262. The Hall–Kier alpha value is -1.93. The Labute approximate surface area is 302 Å². The average molecular weight is 712 g/mol. The number of aliphatic hydroxyl groups is 2. The van der Waals surface area contributed by atoms with Gasteiger partial charge in [0.25, 0.3) is 0 Å². The van der Waals surface area contributed by atoms with Crippen LogP contribution in [-0.4, -0.2) is 43.8 Å². The molecule has 0 saturated heterocycles. The third-order valence-corrected chi connectivity index (χ3v) is 16.3. The maximum atomic E-state index is 14.6. The molecular weight excluding hydrogens is 655 g/mol. The molecule has 1 aromatic heterocycles. The monoisotopic (exact) mass is 710 g/mol. The second-order valence-corrected chi connectivity index (χ2v) is 19.2. The van der Waals surface area contributed by atoms with E-state index in [1.807, 2.05) is 24.4 Å². The van der Waals surface area contributed by atoms with Crippen LogP contribution in [0.25, 0.3) is 0 Å². The molecule has 9 atom stereocenters. The first-order chi connectivity index (χ1) is 23.0. The van der Waals surface area contributed by atoms with Crippen molar-refractivity contribution in [2.45, 2.75) is 125 Å². The van der Waals surface area contributed by atoms with E-state index in [9.17, 15) is 15.0 Å². The summed E-state index contributed by atoms with van der Waals surface area (Å²) in [5, 5.41) is 34.9. The number of carbonyl (C=O) groups excluding carboxylic acids is 1. The zero-order chi connectivity index (χ0) is 35.2. The normalized spacial score (nSPS) is 41.1. The topological polar surface area (TPSA) is 100 Å². The lowest BCUT2D eigenvalue weighted by atomic mass is 9.33. The summed E-state index contributed by atoms with van der Waals surface area (Å²) >= 11 is 12.8. The van der Waals surface area contributed by atoms with Crippen LogP contribution in [0.3, 0.4) is 0 Å². The van der Waals surface area contributed by atoms with E-state index < -0.39 is 16.9 Å². The third kappa shape index (κ3) is 5.29. The van der Waals surface area contributed by atoms with Gasteiger partial charge in [-0.25, -0.2) is 4.68 Å². The van der Waals surface area contributed by atoms with Gasteiger partial charge in [-0.05, 0) is 116 Å². The second kappa shape index (κ2) is 12.1. The lowest BCUT2D eigenvalue weighted by molar-refractivity contribution is -0.215. The average Bonchev–Trinajstić information content (AvgIpc) is 3.51. The Balaban J connectivity index is 1.15. The maximum Gasteiger partial charge on any atom is 0.227 e. The fraction of sp³-hybridized carbons (Fsp3) is 0.725. The fourth-order valence-electron chi connectivity index (χ4n) is 12.4. The smallest absolute Gasteiger partial charge is 0.227 e. The highest BCUT2D eigenvalue weighted by molar-refractivity contribution is 6.35. The number of fused-ring (bicyclic) bond motifs is 7. The van der Waals surface area contributed by atoms with Crippen LogP contribution in [-0.2, 0) is 17.9 Å². The van der Waals surface area contributed by atoms with E-state index in [2.05, 4.69) is 63.2 Å². The molecule has 0 unspecified atom stereocenters. The van der Waals surface area contributed by atoms with Crippen molar-refractivity contribution in [3.63, 3.8) is 0 Å². The van der Waals surface area contributed by atoms with E-state index in [1.54, 1.807) is 4.68 Å². The molecule has 0 bridgehead atoms. The zero-order valence-electron chi connectivity index (χ0n) is 30.3. The highest BCUT2D eigenvalue weighted by atomic mass is 35.5. The summed E-state index contributed by atoms with van der Waals surface area (Å²) in [7, 11) is 0. The van der Waals surface area contributed by atoms with Gasteiger partial charge in [-0.2, -0.15) is 0 Å². The summed E-state index contributed by atoms with van der Waals surface area (Å²) in [6.07, 6.45) is 13.8. The molecule has 0 aliphatic heterocycles. The van der Waals surface area contributed by atoms with Crippen molar-refractivity contribution in [2.24, 2.45) is 50.2 Å². The number of rotatable bonds is 6. The lowest BCUT2D eigenvalue weighted by Crippen LogP contribution is -2.66. The molecule has 268 valence electrons. The van der Waals surface area contributed by atoms with Crippen molar-refractivity contribution < 1.29 is 15.0 Å². The van der Waals surface area contributed by atoms with E-state index in [-0.39, 0.29) is 40.1 Å². The number of hydrogen-bond donors (Lipinski definition) is 3. The van der Waals surface area contributed by atoms with E-state index in [4.69, 9.17) is 23.2 Å². The number of halogens is 2. The van der Waals surface area contributed by atoms with Crippen molar-refractivity contribution >= 4 is 29.1 Å². The SMILES string of the molecule is CC1(C)CC[C@]2(C(=O)NCc3cn(Cc4c(Cl)cccc4Cl)nn3)CC[C@]3(C)C(=CC[C@@H]4[C@@]5(C)CC[C@H](O)[C@@](C)(CO)[C@@H]5CC[C@]43C)[C@@H]2C1. The predicted molar refractivity (Wildman–Crippen MR) is 194 cm³/mol. The number of hydrogen-bond acceptors (Lipinski definition) is 5. The molecular formula is C40H56Cl2N4O3. The van der Waals surface area contributed by atoms with Gasteiger partial charge in [0.05, 0.1) is 37.4 Å². The van der Waals surface area contributed by atoms with Crippen LogP contribution in [0.4, 0.5) is 0 Å². The molecule has 7 nitrogen and oxygen atoms in total. The summed E-state index contributed by atoms with van der Waals surface area (Å²) in [6, 6.07) is 5.46. The Morgan fingerprint density at radius 2 is 1.69 bits per heavy atom. The highest BCUT2D eigenvalue weighted by Gasteiger charge is 2.69. The molecule has 0 spiro atoms. The molecule has 9 heteroatoms. The number of carbonyl (C=O) groups is 1. The number of nitrogens with one attached hydrogen (secondary N) is 1. The molecule has 5 aliphatic carbocycles. The summed E-state index contributed by atoms with van der Waals surface area (Å²) in [6.45, 7) is 15.2. The first-order valence-electron chi connectivity index (χ1n) is 18.6. The molecule has 49 heavy (non-hydrogen) atoms. The van der Waals surface area contributed by atoms with Crippen molar-refractivity contribution in [1.29, 1.82) is 0 Å². The van der Waals surface area contributed by atoms with Gasteiger partial charge in [-0.15, -0.1) is 5.10 Å². The molecule has 4 fully saturated rings. The van der Waals surface area contributed by atoms with Crippen LogP contribution in [0.2, 0.25) is 10.0 Å². The van der Waals surface area contributed by atoms with Crippen LogP contribution in [0.15, 0.2) is 36.0 Å². The van der Waals surface area contributed by atoms with Crippen LogP contribution in [0.5, 0.6) is 0 Å². The molecule has 7 rings (SSSR count). The van der Waals surface area contributed by atoms with Crippen LogP contribution in [0, 0.1) is 50.2 Å². The zero-order valence-corrected chi connectivity index (χ0v) is 31.8. The Morgan fingerprint density at radius 1 is 0.980 bits per heavy atom. The molecule has 0 radical (unpaired) electrons. The van der Waals surface area contributed by atoms with Crippen molar-refractivity contribution in [3.05, 3.63) is 57.3 Å². The Bertz CT molecular complexity index is 1640. The van der Waals surface area contributed by atoms with E-state index >= 15 is 0 Å². The van der Waals surface area contributed by atoms with Gasteiger partial charge in [0.15, 0.2) is 0 Å². The van der Waals surface area contributed by atoms with Gasteiger partial charge >= 0.3 is 0 Å². The summed E-state index contributed by atoms with van der Waals surface area (Å²) in [4.78, 5) is 14.6. The van der Waals surface area contributed by atoms with Crippen molar-refractivity contribution in [2.75, 3.05) is 6.61 Å². The van der Waals surface area contributed by atoms with Gasteiger partial charge in [0, 0.05) is 21.0 Å². The summed E-state index contributed by atoms with van der Waals surface area (Å²) in [5.41, 5.74) is 2.47. The number of aliphatic hydroxyl groups excluding tert-OH is 2. The molecule has 4 saturated carbocycles. The Kier molecular flexibility index (Phi) is 8.73. The molecule has 1 amide bonds. The van der Waals surface area contributed by atoms with Crippen molar-refractivity contribution in [1.82, 2.24) is 20.3 Å². The minimum absolute atomic E-state index is 0.000123. The standard InChI is InChI=1S/C40H56Cl2N4O3/c1-35(2)16-18-40(34(49)43-21-25-22-46(45-44-25)23-26-29(41)8-7-9-30(26)42)19-17-38(5)27(28(40)20-35)10-11-32-36(3)14-13-33(48)37(4,24-47)31(36)12-15-39(32,38)6/h7-10,22,28,31-33,47-48H,11-21,23-24H2,1-6H3,(H,43,49)/t28-,31+,32+,33-,36-,37-,38+,39+,40-/m0/s1. The minimum atomic E-state index is -0.459. The predicted octanol–water partition coefficient (Wildman–Crippen LogP) is 8.38. The first kappa shape index (κ1) is 35.5. The van der Waals surface area contributed by atoms with E-state index in [0.717, 1.165) is 69.8 Å². The minimum Gasteiger partial charge on any atom is -0.396 e. The molecule has 1 heterocycles. The number of allylic oxidation sites excluding steroid dienone is 2. The number of nitrogens with zero attached hydrogens (tertiary/aromatic N) is 3. The first-order valence-corrected chi connectivity index (χ1v) is 19.4. The molecule has 2 aromatic rings. The van der Waals surface area contributed by atoms with Gasteiger partial charge in [0.2, 0.25) is 5.91 Å². The van der Waals surface area contributed by atoms with Gasteiger partial charge in [-0.3, -0.25) is 4.79 Å². The number of amides is 1. The third-order valence-electron chi connectivity index (χ3n) is 15.6. The van der Waals surface area contributed by atoms with Crippen LogP contribution in [0.1, 0.15) is 117 Å². The van der Waals surface area contributed by atoms with Crippen molar-refractivity contribution in [3.8, 4) is 0 Å². The lowest BCUT2D eigenvalue weighted by Gasteiger charge is -2.71. The van der Waals surface area contributed by atoms with Crippen LogP contribution >= 0.6 is 23.2 Å². The second-order valence-electron chi connectivity index (χ2n) is 18.4. The number of benzene rings is 1. The van der Waals surface area contributed by atoms with E-state index in [0.29, 0.717) is 40.7 Å².